The van der Waals surface area contributed by atoms with E-state index in [2.05, 4.69) is 12.2 Å². The molecule has 1 saturated carbocycles. The Morgan fingerprint density at radius 1 is 1.29 bits per heavy atom. The quantitative estimate of drug-likeness (QED) is 0.468. The molecular formula is C12H14O2. The third-order valence-corrected chi connectivity index (χ3v) is 4.23. The van der Waals surface area contributed by atoms with Gasteiger partial charge in [-0.3, -0.25) is 4.79 Å². The number of carbonyl (C=O) groups is 1. The fourth-order valence-electron chi connectivity index (χ4n) is 3.46. The van der Waals surface area contributed by atoms with Crippen molar-refractivity contribution in [2.75, 3.05) is 0 Å². The Morgan fingerprint density at radius 2 is 2.14 bits per heavy atom. The van der Waals surface area contributed by atoms with Crippen LogP contribution in [0, 0.1) is 5.41 Å². The van der Waals surface area contributed by atoms with Gasteiger partial charge in [0.15, 0.2) is 0 Å². The normalized spacial score (nSPS) is 43.9. The van der Waals surface area contributed by atoms with E-state index < -0.39 is 0 Å². The topological polar surface area (TPSA) is 26.3 Å². The second kappa shape index (κ2) is 2.50. The van der Waals surface area contributed by atoms with Gasteiger partial charge >= 0.3 is 0 Å². The second-order valence-electron chi connectivity index (χ2n) is 4.62. The number of ether oxygens (including phenoxy) is 1. The van der Waals surface area contributed by atoms with Gasteiger partial charge in [-0.1, -0.05) is 12.2 Å². The van der Waals surface area contributed by atoms with E-state index in [4.69, 9.17) is 4.74 Å². The highest BCUT2D eigenvalue weighted by Gasteiger charge is 2.61. The molecule has 2 aliphatic carbocycles. The van der Waals surface area contributed by atoms with Gasteiger partial charge in [-0.2, -0.15) is 0 Å². The minimum atomic E-state index is -0.0575. The highest BCUT2D eigenvalue weighted by atomic mass is 16.5. The third kappa shape index (κ3) is 0.715. The summed E-state index contributed by atoms with van der Waals surface area (Å²) in [5.74, 6) is 0. The zero-order valence-electron chi connectivity index (χ0n) is 8.16. The van der Waals surface area contributed by atoms with Crippen molar-refractivity contribution in [1.29, 1.82) is 0 Å². The van der Waals surface area contributed by atoms with E-state index in [0.29, 0.717) is 0 Å². The maximum atomic E-state index is 11.0. The summed E-state index contributed by atoms with van der Waals surface area (Å²) in [6.07, 6.45) is 12.5. The predicted molar refractivity (Wildman–Crippen MR) is 52.6 cm³/mol. The van der Waals surface area contributed by atoms with Crippen LogP contribution in [0.2, 0.25) is 0 Å². The van der Waals surface area contributed by atoms with Crippen LogP contribution in [0.4, 0.5) is 0 Å². The second-order valence-corrected chi connectivity index (χ2v) is 4.62. The molecule has 0 bridgehead atoms. The van der Waals surface area contributed by atoms with Gasteiger partial charge in [0, 0.05) is 17.4 Å². The number of hydrogen-bond acceptors (Lipinski definition) is 2. The van der Waals surface area contributed by atoms with Crippen LogP contribution in [0.3, 0.4) is 0 Å². The van der Waals surface area contributed by atoms with Gasteiger partial charge < -0.3 is 4.74 Å². The Bertz CT molecular complexity index is 342. The molecule has 0 N–H and O–H groups in total. The number of aldehydes is 1. The van der Waals surface area contributed by atoms with Crippen molar-refractivity contribution in [3.05, 3.63) is 24.0 Å². The van der Waals surface area contributed by atoms with Crippen LogP contribution in [0.5, 0.6) is 0 Å². The van der Waals surface area contributed by atoms with E-state index in [1.54, 1.807) is 6.26 Å². The zero-order valence-corrected chi connectivity index (χ0v) is 8.16. The Balaban J connectivity index is 2.12. The van der Waals surface area contributed by atoms with Crippen LogP contribution in [-0.2, 0) is 9.53 Å². The van der Waals surface area contributed by atoms with Crippen molar-refractivity contribution in [3.63, 3.8) is 0 Å². The lowest BCUT2D eigenvalue weighted by molar-refractivity contribution is -0.106. The maximum absolute atomic E-state index is 11.0. The molecule has 0 aromatic carbocycles. The van der Waals surface area contributed by atoms with Crippen LogP contribution >= 0.6 is 0 Å². The molecule has 74 valence electrons. The van der Waals surface area contributed by atoms with Gasteiger partial charge in [-0.05, 0) is 25.7 Å². The third-order valence-electron chi connectivity index (χ3n) is 4.23. The lowest BCUT2D eigenvalue weighted by Gasteiger charge is -2.41. The van der Waals surface area contributed by atoms with Crippen LogP contribution in [0.1, 0.15) is 32.1 Å². The molecular weight excluding hydrogens is 176 g/mol. The molecule has 1 aliphatic heterocycles. The summed E-state index contributed by atoms with van der Waals surface area (Å²) in [7, 11) is 0. The number of carbonyl (C=O) groups excluding carboxylic acids is 1. The molecule has 0 aromatic heterocycles. The van der Waals surface area contributed by atoms with Crippen molar-refractivity contribution < 1.29 is 9.53 Å². The smallest absolute Gasteiger partial charge is 0.149 e. The standard InChI is InChI=1S/C12H14O2/c13-8-10-9-14-12-6-2-1-4-11(10,12)5-3-7-12/h1-2,8-9H,3-7H2/t11-,12-/m0/s1. The molecule has 1 fully saturated rings. The summed E-state index contributed by atoms with van der Waals surface area (Å²) in [6.45, 7) is 0. The van der Waals surface area contributed by atoms with E-state index in [1.807, 2.05) is 0 Å². The first-order valence-corrected chi connectivity index (χ1v) is 5.32. The summed E-state index contributed by atoms with van der Waals surface area (Å²) in [6, 6.07) is 0. The van der Waals surface area contributed by atoms with E-state index in [9.17, 15) is 4.79 Å². The molecule has 14 heavy (non-hydrogen) atoms. The molecule has 2 nitrogen and oxygen atoms in total. The number of allylic oxidation sites excluding steroid dienone is 1. The average molecular weight is 190 g/mol. The molecule has 3 aliphatic rings. The van der Waals surface area contributed by atoms with Gasteiger partial charge in [-0.25, -0.2) is 0 Å². The number of hydrogen-bond donors (Lipinski definition) is 0. The Kier molecular flexibility index (Phi) is 1.48. The van der Waals surface area contributed by atoms with Crippen molar-refractivity contribution in [2.24, 2.45) is 5.41 Å². The molecule has 0 saturated heterocycles. The Labute approximate surface area is 83.6 Å². The van der Waals surface area contributed by atoms with Gasteiger partial charge in [0.2, 0.25) is 0 Å². The first-order chi connectivity index (χ1) is 6.83. The van der Waals surface area contributed by atoms with Crippen LogP contribution in [-0.4, -0.2) is 11.9 Å². The monoisotopic (exact) mass is 190 g/mol. The SMILES string of the molecule is O=CC1=CO[C@]23CC=CC[C@]12CCC3. The lowest BCUT2D eigenvalue weighted by atomic mass is 9.65. The molecule has 0 amide bonds. The Morgan fingerprint density at radius 3 is 3.00 bits per heavy atom. The minimum absolute atomic E-state index is 0.0313. The highest BCUT2D eigenvalue weighted by molar-refractivity contribution is 5.77. The van der Waals surface area contributed by atoms with E-state index in [0.717, 1.165) is 37.5 Å². The zero-order chi connectivity index (χ0) is 9.65. The van der Waals surface area contributed by atoms with Gasteiger partial charge in [0.25, 0.3) is 0 Å². The molecule has 1 heterocycles. The first-order valence-electron chi connectivity index (χ1n) is 5.32. The fraction of sp³-hybridized carbons (Fsp3) is 0.583. The van der Waals surface area contributed by atoms with Gasteiger partial charge in [0.05, 0.1) is 6.26 Å². The number of rotatable bonds is 1. The van der Waals surface area contributed by atoms with Crippen LogP contribution in [0.25, 0.3) is 0 Å². The molecule has 0 aromatic rings. The molecule has 2 atom stereocenters. The molecule has 0 unspecified atom stereocenters. The lowest BCUT2D eigenvalue weighted by Crippen LogP contribution is -2.43. The average Bonchev–Trinajstić information content (AvgIpc) is 2.71. The Hall–Kier alpha value is -1.05. The summed E-state index contributed by atoms with van der Waals surface area (Å²) >= 11 is 0. The summed E-state index contributed by atoms with van der Waals surface area (Å²) < 4.78 is 5.82. The molecule has 0 radical (unpaired) electrons. The fourth-order valence-corrected chi connectivity index (χ4v) is 3.46. The first kappa shape index (κ1) is 8.27. The predicted octanol–water partition coefficient (Wildman–Crippen LogP) is 2.36. The molecule has 3 rings (SSSR count). The van der Waals surface area contributed by atoms with Crippen molar-refractivity contribution >= 4 is 6.29 Å². The maximum Gasteiger partial charge on any atom is 0.149 e. The largest absolute Gasteiger partial charge is 0.493 e. The van der Waals surface area contributed by atoms with Gasteiger partial charge in [0.1, 0.15) is 11.9 Å². The van der Waals surface area contributed by atoms with E-state index in [1.165, 1.54) is 6.42 Å². The highest BCUT2D eigenvalue weighted by Crippen LogP contribution is 2.61. The van der Waals surface area contributed by atoms with E-state index in [-0.39, 0.29) is 11.0 Å². The van der Waals surface area contributed by atoms with Crippen molar-refractivity contribution in [2.45, 2.75) is 37.7 Å². The molecule has 0 spiro atoms. The van der Waals surface area contributed by atoms with Crippen LogP contribution in [0.15, 0.2) is 24.0 Å². The van der Waals surface area contributed by atoms with Crippen LogP contribution < -0.4 is 0 Å². The van der Waals surface area contributed by atoms with E-state index >= 15 is 0 Å². The molecule has 2 heteroatoms. The van der Waals surface area contributed by atoms with Gasteiger partial charge in [-0.15, -0.1) is 0 Å². The summed E-state index contributed by atoms with van der Waals surface area (Å²) in [5, 5.41) is 0. The van der Waals surface area contributed by atoms with Crippen molar-refractivity contribution in [3.8, 4) is 0 Å². The van der Waals surface area contributed by atoms with Crippen molar-refractivity contribution in [1.82, 2.24) is 0 Å². The summed E-state index contributed by atoms with van der Waals surface area (Å²) in [5.41, 5.74) is 0.862. The minimum Gasteiger partial charge on any atom is -0.493 e. The summed E-state index contributed by atoms with van der Waals surface area (Å²) in [4.78, 5) is 11.0.